The third-order valence-electron chi connectivity index (χ3n) is 2.24. The van der Waals surface area contributed by atoms with Crippen LogP contribution in [0.15, 0.2) is 45.1 Å². The van der Waals surface area contributed by atoms with Crippen LogP contribution in [0.25, 0.3) is 12.2 Å². The van der Waals surface area contributed by atoms with Gasteiger partial charge in [0.2, 0.25) is 0 Å². The third kappa shape index (κ3) is 5.06. The maximum atomic E-state index is 11.7. The summed E-state index contributed by atoms with van der Waals surface area (Å²) in [4.78, 5) is 11.6. The Morgan fingerprint density at radius 3 is 2.32 bits per heavy atom. The second-order valence-corrected chi connectivity index (χ2v) is 6.62. The summed E-state index contributed by atoms with van der Waals surface area (Å²) < 4.78 is 11.7. The van der Waals surface area contributed by atoms with E-state index in [0.29, 0.717) is 0 Å². The van der Waals surface area contributed by atoms with Gasteiger partial charge < -0.3 is 0 Å². The van der Waals surface area contributed by atoms with Crippen LogP contribution in [0.5, 0.6) is 0 Å². The van der Waals surface area contributed by atoms with Crippen LogP contribution >= 0.6 is 22.7 Å². The molecule has 0 amide bonds. The van der Waals surface area contributed by atoms with Crippen molar-refractivity contribution in [2.75, 3.05) is 5.75 Å². The largest absolute Gasteiger partial charge is 0.294 e. The Morgan fingerprint density at radius 2 is 1.74 bits per heavy atom. The van der Waals surface area contributed by atoms with Crippen molar-refractivity contribution in [1.29, 1.82) is 0 Å². The predicted molar refractivity (Wildman–Crippen MR) is 84.7 cm³/mol. The minimum atomic E-state index is -1.26. The Bertz CT molecular complexity index is 538. The standard InChI is InChI=1S/C14H12O2S3/c15-14(2-1-12-3-6-17-9-12)11-19(16)8-5-13-4-7-18-10-13/h1-10H,11H2/b2-1?,8-5-. The lowest BCUT2D eigenvalue weighted by Crippen LogP contribution is -2.04. The molecule has 0 aliphatic heterocycles. The molecule has 2 nitrogen and oxygen atoms in total. The highest BCUT2D eigenvalue weighted by Crippen LogP contribution is 2.09. The van der Waals surface area contributed by atoms with E-state index in [9.17, 15) is 9.00 Å². The normalized spacial score (nSPS) is 13.3. The van der Waals surface area contributed by atoms with Crippen LogP contribution in [0.2, 0.25) is 0 Å². The van der Waals surface area contributed by atoms with Crippen molar-refractivity contribution in [2.24, 2.45) is 0 Å². The molecule has 19 heavy (non-hydrogen) atoms. The summed E-state index contributed by atoms with van der Waals surface area (Å²) in [6.07, 6.45) is 5.01. The predicted octanol–water partition coefficient (Wildman–Crippen LogP) is 3.81. The highest BCUT2D eigenvalue weighted by Gasteiger charge is 2.02. The van der Waals surface area contributed by atoms with E-state index in [4.69, 9.17) is 0 Å². The summed E-state index contributed by atoms with van der Waals surface area (Å²) in [5, 5.41) is 9.39. The van der Waals surface area contributed by atoms with Crippen LogP contribution in [-0.2, 0) is 15.6 Å². The molecule has 0 aromatic carbocycles. The number of thiophene rings is 2. The first-order chi connectivity index (χ1) is 9.24. The molecule has 0 saturated heterocycles. The van der Waals surface area contributed by atoms with E-state index < -0.39 is 10.8 Å². The molecule has 1 atom stereocenters. The zero-order chi connectivity index (χ0) is 13.5. The summed E-state index contributed by atoms with van der Waals surface area (Å²) in [5.74, 6) is -0.0964. The molecule has 0 bridgehead atoms. The van der Waals surface area contributed by atoms with Gasteiger partial charge in [0.1, 0.15) is 0 Å². The molecular formula is C14H12O2S3. The Hall–Kier alpha value is -1.30. The maximum absolute atomic E-state index is 11.7. The van der Waals surface area contributed by atoms with Crippen molar-refractivity contribution in [2.45, 2.75) is 0 Å². The van der Waals surface area contributed by atoms with Gasteiger partial charge in [-0.3, -0.25) is 9.00 Å². The van der Waals surface area contributed by atoms with Gasteiger partial charge in [-0.05, 0) is 56.9 Å². The molecule has 1 unspecified atom stereocenters. The van der Waals surface area contributed by atoms with Gasteiger partial charge in [-0.1, -0.05) is 6.08 Å². The molecule has 2 heterocycles. The van der Waals surface area contributed by atoms with E-state index in [-0.39, 0.29) is 11.5 Å². The van der Waals surface area contributed by atoms with Crippen LogP contribution in [0, 0.1) is 0 Å². The molecule has 0 saturated carbocycles. The SMILES string of the molecule is O=C(C=Cc1ccsc1)CS(=O)/C=C\c1ccsc1. The van der Waals surface area contributed by atoms with E-state index in [0.717, 1.165) is 11.1 Å². The average molecular weight is 308 g/mol. The molecule has 0 radical (unpaired) electrons. The van der Waals surface area contributed by atoms with Crippen molar-refractivity contribution in [3.8, 4) is 0 Å². The summed E-state index contributed by atoms with van der Waals surface area (Å²) in [7, 11) is -1.26. The molecule has 5 heteroatoms. The van der Waals surface area contributed by atoms with Crippen LogP contribution in [0.4, 0.5) is 0 Å². The van der Waals surface area contributed by atoms with Gasteiger partial charge in [0.15, 0.2) is 5.78 Å². The minimum absolute atomic E-state index is 0.0290. The van der Waals surface area contributed by atoms with Gasteiger partial charge in [0.25, 0.3) is 0 Å². The van der Waals surface area contributed by atoms with Crippen molar-refractivity contribution < 1.29 is 9.00 Å². The Labute approximate surface area is 122 Å². The lowest BCUT2D eigenvalue weighted by Gasteiger charge is -1.91. The number of carbonyl (C=O) groups is 1. The Kier molecular flexibility index (Phi) is 5.44. The van der Waals surface area contributed by atoms with E-state index >= 15 is 0 Å². The van der Waals surface area contributed by atoms with Crippen molar-refractivity contribution in [1.82, 2.24) is 0 Å². The lowest BCUT2D eigenvalue weighted by molar-refractivity contribution is -0.112. The van der Waals surface area contributed by atoms with Crippen molar-refractivity contribution >= 4 is 51.4 Å². The molecule has 2 aromatic rings. The molecule has 0 N–H and O–H groups in total. The second kappa shape index (κ2) is 7.33. The molecular weight excluding hydrogens is 296 g/mol. The lowest BCUT2D eigenvalue weighted by atomic mass is 10.3. The van der Waals surface area contributed by atoms with Crippen LogP contribution in [0.1, 0.15) is 11.1 Å². The Morgan fingerprint density at radius 1 is 1.11 bits per heavy atom. The number of rotatable bonds is 6. The summed E-state index contributed by atoms with van der Waals surface area (Å²) in [6, 6.07) is 3.87. The fraction of sp³-hybridized carbons (Fsp3) is 0.0714. The maximum Gasteiger partial charge on any atom is 0.168 e. The van der Waals surface area contributed by atoms with E-state index in [1.54, 1.807) is 40.2 Å². The number of hydrogen-bond acceptors (Lipinski definition) is 4. The molecule has 0 spiro atoms. The molecule has 2 rings (SSSR count). The first-order valence-electron chi connectivity index (χ1n) is 5.55. The van der Waals surface area contributed by atoms with E-state index in [1.807, 2.05) is 33.7 Å². The quantitative estimate of drug-likeness (QED) is 0.760. The fourth-order valence-electron chi connectivity index (χ4n) is 1.32. The summed E-state index contributed by atoms with van der Waals surface area (Å²) in [5.41, 5.74) is 2.01. The fourth-order valence-corrected chi connectivity index (χ4v) is 3.36. The molecule has 0 fully saturated rings. The molecule has 0 aliphatic rings. The van der Waals surface area contributed by atoms with Crippen LogP contribution < -0.4 is 0 Å². The first-order valence-corrected chi connectivity index (χ1v) is 8.81. The van der Waals surface area contributed by atoms with Gasteiger partial charge in [-0.15, -0.1) is 0 Å². The topological polar surface area (TPSA) is 34.1 Å². The Balaban J connectivity index is 1.83. The molecule has 0 aliphatic carbocycles. The van der Waals surface area contributed by atoms with Crippen molar-refractivity contribution in [3.05, 3.63) is 56.3 Å². The second-order valence-electron chi connectivity index (χ2n) is 3.74. The average Bonchev–Trinajstić information content (AvgIpc) is 3.07. The summed E-state index contributed by atoms with van der Waals surface area (Å²) in [6.45, 7) is 0. The number of allylic oxidation sites excluding steroid dienone is 1. The first kappa shape index (κ1) is 14.1. The van der Waals surface area contributed by atoms with Gasteiger partial charge in [0, 0.05) is 5.41 Å². The van der Waals surface area contributed by atoms with Gasteiger partial charge >= 0.3 is 0 Å². The molecule has 98 valence electrons. The van der Waals surface area contributed by atoms with Crippen molar-refractivity contribution in [3.63, 3.8) is 0 Å². The third-order valence-corrected chi connectivity index (χ3v) is 4.66. The van der Waals surface area contributed by atoms with Gasteiger partial charge in [0.05, 0.1) is 16.6 Å². The van der Waals surface area contributed by atoms with Gasteiger partial charge in [-0.25, -0.2) is 0 Å². The van der Waals surface area contributed by atoms with Crippen LogP contribution in [-0.4, -0.2) is 15.7 Å². The monoisotopic (exact) mass is 308 g/mol. The number of hydrogen-bond donors (Lipinski definition) is 0. The zero-order valence-electron chi connectivity index (χ0n) is 10.0. The van der Waals surface area contributed by atoms with E-state index in [1.165, 1.54) is 6.08 Å². The molecule has 2 aromatic heterocycles. The van der Waals surface area contributed by atoms with Crippen LogP contribution in [0.3, 0.4) is 0 Å². The van der Waals surface area contributed by atoms with E-state index in [2.05, 4.69) is 0 Å². The number of carbonyl (C=O) groups excluding carboxylic acids is 1. The number of ketones is 1. The smallest absolute Gasteiger partial charge is 0.168 e. The highest BCUT2D eigenvalue weighted by atomic mass is 32.2. The minimum Gasteiger partial charge on any atom is -0.294 e. The summed E-state index contributed by atoms with van der Waals surface area (Å²) >= 11 is 3.16. The van der Waals surface area contributed by atoms with Gasteiger partial charge in [-0.2, -0.15) is 22.7 Å². The highest BCUT2D eigenvalue weighted by molar-refractivity contribution is 7.88. The zero-order valence-corrected chi connectivity index (χ0v) is 12.5.